The molecule has 0 amide bonds. The molecule has 3 heterocycles. The average molecular weight is 381 g/mol. The molecule has 1 saturated heterocycles. The average Bonchev–Trinajstić information content (AvgIpc) is 3.19. The summed E-state index contributed by atoms with van der Waals surface area (Å²) in [6.45, 7) is 5.02. The molecule has 1 fully saturated rings. The van der Waals surface area contributed by atoms with Gasteiger partial charge in [-0.2, -0.15) is 0 Å². The van der Waals surface area contributed by atoms with Gasteiger partial charge >= 0.3 is 6.01 Å². The molecular weight excluding hydrogens is 356 g/mol. The van der Waals surface area contributed by atoms with Crippen LogP contribution in [0.2, 0.25) is 0 Å². The van der Waals surface area contributed by atoms with E-state index in [1.807, 2.05) is 18.5 Å². The van der Waals surface area contributed by atoms with Crippen LogP contribution in [0.15, 0.2) is 48.1 Å². The molecule has 6 heteroatoms. The zero-order valence-electron chi connectivity index (χ0n) is 15.5. The van der Waals surface area contributed by atoms with E-state index < -0.39 is 0 Å². The number of hydrogen-bond donors (Lipinski definition) is 0. The van der Waals surface area contributed by atoms with Gasteiger partial charge in [-0.15, -0.1) is 11.3 Å². The van der Waals surface area contributed by atoms with E-state index in [1.165, 1.54) is 5.56 Å². The molecule has 2 aromatic heterocycles. The van der Waals surface area contributed by atoms with Crippen LogP contribution in [0.4, 0.5) is 0 Å². The highest BCUT2D eigenvalue weighted by atomic mass is 32.1. The van der Waals surface area contributed by atoms with Crippen LogP contribution in [0.25, 0.3) is 10.6 Å². The summed E-state index contributed by atoms with van der Waals surface area (Å²) in [4.78, 5) is 15.9. The molecular formula is C21H24N4OS. The molecule has 0 saturated carbocycles. The summed E-state index contributed by atoms with van der Waals surface area (Å²) in [6, 6.07) is 10.9. The highest BCUT2D eigenvalue weighted by Gasteiger charge is 2.22. The van der Waals surface area contributed by atoms with Gasteiger partial charge in [-0.3, -0.25) is 4.90 Å². The van der Waals surface area contributed by atoms with E-state index in [4.69, 9.17) is 9.72 Å². The summed E-state index contributed by atoms with van der Waals surface area (Å²) in [5.74, 6) is 0. The van der Waals surface area contributed by atoms with E-state index in [9.17, 15) is 0 Å². The highest BCUT2D eigenvalue weighted by molar-refractivity contribution is 7.13. The molecule has 0 unspecified atom stereocenters. The van der Waals surface area contributed by atoms with Crippen LogP contribution < -0.4 is 4.74 Å². The zero-order valence-corrected chi connectivity index (χ0v) is 16.4. The summed E-state index contributed by atoms with van der Waals surface area (Å²) >= 11 is 1.72. The first kappa shape index (κ1) is 18.1. The first-order valence-corrected chi connectivity index (χ1v) is 10.4. The second-order valence-corrected chi connectivity index (χ2v) is 7.69. The molecule has 1 aliphatic rings. The number of hydrogen-bond acceptors (Lipinski definition) is 6. The van der Waals surface area contributed by atoms with Crippen molar-refractivity contribution in [2.75, 3.05) is 13.1 Å². The Hall–Kier alpha value is -2.31. The number of rotatable bonds is 6. The molecule has 5 nitrogen and oxygen atoms in total. The molecule has 0 aliphatic carbocycles. The normalized spacial score (nSPS) is 15.7. The highest BCUT2D eigenvalue weighted by Crippen LogP contribution is 2.25. The van der Waals surface area contributed by atoms with Crippen molar-refractivity contribution in [3.8, 4) is 16.6 Å². The SMILES string of the molecule is CCc1cnc(OC2CCN(Cc3csc(-c4ccccc4)n3)CC2)nc1. The Morgan fingerprint density at radius 1 is 1.11 bits per heavy atom. The molecule has 0 N–H and O–H groups in total. The van der Waals surface area contributed by atoms with E-state index in [0.717, 1.165) is 55.2 Å². The number of benzene rings is 1. The van der Waals surface area contributed by atoms with Gasteiger partial charge in [-0.25, -0.2) is 15.0 Å². The molecule has 3 aromatic rings. The maximum atomic E-state index is 5.95. The number of aromatic nitrogens is 3. The monoisotopic (exact) mass is 380 g/mol. The molecule has 27 heavy (non-hydrogen) atoms. The third-order valence-electron chi connectivity index (χ3n) is 4.85. The maximum Gasteiger partial charge on any atom is 0.316 e. The van der Waals surface area contributed by atoms with Crippen LogP contribution in [0.5, 0.6) is 6.01 Å². The Bertz CT molecular complexity index is 842. The minimum absolute atomic E-state index is 0.198. The predicted octanol–water partition coefficient (Wildman–Crippen LogP) is 4.21. The summed E-state index contributed by atoms with van der Waals surface area (Å²) in [5, 5.41) is 3.27. The Morgan fingerprint density at radius 3 is 2.56 bits per heavy atom. The number of thiazole rings is 1. The van der Waals surface area contributed by atoms with Crippen molar-refractivity contribution < 1.29 is 4.74 Å². The second-order valence-electron chi connectivity index (χ2n) is 6.83. The van der Waals surface area contributed by atoms with Crippen molar-refractivity contribution in [2.45, 2.75) is 38.8 Å². The van der Waals surface area contributed by atoms with E-state index in [0.29, 0.717) is 6.01 Å². The second kappa shape index (κ2) is 8.59. The Labute approximate surface area is 164 Å². The smallest absolute Gasteiger partial charge is 0.316 e. The van der Waals surface area contributed by atoms with Crippen LogP contribution in [-0.4, -0.2) is 39.0 Å². The van der Waals surface area contributed by atoms with Crippen LogP contribution in [0, 0.1) is 0 Å². The zero-order chi connectivity index (χ0) is 18.5. The fraction of sp³-hybridized carbons (Fsp3) is 0.381. The minimum Gasteiger partial charge on any atom is -0.460 e. The van der Waals surface area contributed by atoms with Gasteiger partial charge in [0, 0.05) is 43.0 Å². The topological polar surface area (TPSA) is 51.1 Å². The quantitative estimate of drug-likeness (QED) is 0.641. The van der Waals surface area contributed by atoms with Gasteiger partial charge in [0.1, 0.15) is 11.1 Å². The standard InChI is InChI=1S/C21H24N4OS/c1-2-16-12-22-21(23-13-16)26-19-8-10-25(11-9-19)14-18-15-27-20(24-18)17-6-4-3-5-7-17/h3-7,12-13,15,19H,2,8-11,14H2,1H3. The predicted molar refractivity (Wildman–Crippen MR) is 108 cm³/mol. The van der Waals surface area contributed by atoms with E-state index in [2.05, 4.69) is 51.4 Å². The lowest BCUT2D eigenvalue weighted by Gasteiger charge is -2.31. The Morgan fingerprint density at radius 2 is 1.85 bits per heavy atom. The van der Waals surface area contributed by atoms with Gasteiger partial charge in [0.05, 0.1) is 5.69 Å². The van der Waals surface area contributed by atoms with Crippen LogP contribution in [0.3, 0.4) is 0 Å². The Kier molecular flexibility index (Phi) is 5.75. The molecule has 0 bridgehead atoms. The van der Waals surface area contributed by atoms with Gasteiger partial charge < -0.3 is 4.74 Å². The third-order valence-corrected chi connectivity index (χ3v) is 5.79. The fourth-order valence-electron chi connectivity index (χ4n) is 3.24. The van der Waals surface area contributed by atoms with Gasteiger partial charge in [0.2, 0.25) is 0 Å². The molecule has 0 atom stereocenters. The van der Waals surface area contributed by atoms with Gasteiger partial charge in [-0.1, -0.05) is 37.3 Å². The molecule has 0 spiro atoms. The van der Waals surface area contributed by atoms with Crippen molar-refractivity contribution in [3.05, 3.63) is 59.4 Å². The van der Waals surface area contributed by atoms with E-state index in [-0.39, 0.29) is 6.10 Å². The van der Waals surface area contributed by atoms with Crippen LogP contribution >= 0.6 is 11.3 Å². The number of aryl methyl sites for hydroxylation is 1. The minimum atomic E-state index is 0.198. The molecule has 0 radical (unpaired) electrons. The Balaban J connectivity index is 1.27. The van der Waals surface area contributed by atoms with Crippen molar-refractivity contribution in [1.29, 1.82) is 0 Å². The van der Waals surface area contributed by atoms with Gasteiger partial charge in [0.15, 0.2) is 0 Å². The summed E-state index contributed by atoms with van der Waals surface area (Å²) < 4.78 is 5.95. The maximum absolute atomic E-state index is 5.95. The lowest BCUT2D eigenvalue weighted by atomic mass is 10.1. The molecule has 1 aromatic carbocycles. The molecule has 4 rings (SSSR count). The van der Waals surface area contributed by atoms with E-state index in [1.54, 1.807) is 11.3 Å². The van der Waals surface area contributed by atoms with Crippen molar-refractivity contribution >= 4 is 11.3 Å². The first-order chi connectivity index (χ1) is 13.3. The van der Waals surface area contributed by atoms with Gasteiger partial charge in [-0.05, 0) is 24.8 Å². The summed E-state index contributed by atoms with van der Waals surface area (Å²) in [6.07, 6.45) is 6.84. The number of piperidine rings is 1. The fourth-order valence-corrected chi connectivity index (χ4v) is 4.06. The van der Waals surface area contributed by atoms with Gasteiger partial charge in [0.25, 0.3) is 0 Å². The lowest BCUT2D eigenvalue weighted by Crippen LogP contribution is -2.38. The number of ether oxygens (including phenoxy) is 1. The molecule has 140 valence electrons. The molecule has 1 aliphatic heterocycles. The van der Waals surface area contributed by atoms with Crippen molar-refractivity contribution in [2.24, 2.45) is 0 Å². The van der Waals surface area contributed by atoms with Crippen molar-refractivity contribution in [1.82, 2.24) is 19.9 Å². The van der Waals surface area contributed by atoms with Crippen LogP contribution in [-0.2, 0) is 13.0 Å². The third kappa shape index (κ3) is 4.70. The van der Waals surface area contributed by atoms with Crippen LogP contribution in [0.1, 0.15) is 31.0 Å². The number of likely N-dealkylation sites (tertiary alicyclic amines) is 1. The first-order valence-electron chi connectivity index (χ1n) is 9.50. The summed E-state index contributed by atoms with van der Waals surface area (Å²) in [5.41, 5.74) is 3.47. The van der Waals surface area contributed by atoms with E-state index >= 15 is 0 Å². The van der Waals surface area contributed by atoms with Crippen molar-refractivity contribution in [3.63, 3.8) is 0 Å². The summed E-state index contributed by atoms with van der Waals surface area (Å²) in [7, 11) is 0. The lowest BCUT2D eigenvalue weighted by molar-refractivity contribution is 0.0887. The number of nitrogens with zero attached hydrogens (tertiary/aromatic N) is 4. The largest absolute Gasteiger partial charge is 0.460 e.